The summed E-state index contributed by atoms with van der Waals surface area (Å²) in [6.45, 7) is 1.19. The van der Waals surface area contributed by atoms with E-state index in [-0.39, 0.29) is 22.0 Å². The van der Waals surface area contributed by atoms with Crippen molar-refractivity contribution in [3.05, 3.63) is 88.5 Å². The third-order valence-corrected chi connectivity index (χ3v) is 6.44. The van der Waals surface area contributed by atoms with Gasteiger partial charge >= 0.3 is 0 Å². The van der Waals surface area contributed by atoms with Gasteiger partial charge in [-0.3, -0.25) is 19.2 Å². The largest absolute Gasteiger partial charge is 0.495 e. The molecular weight excluding hydrogens is 434 g/mol. The summed E-state index contributed by atoms with van der Waals surface area (Å²) in [5.41, 5.74) is 0.826. The topological polar surface area (TPSA) is 119 Å². The summed E-state index contributed by atoms with van der Waals surface area (Å²) in [5.74, 6) is -0.483. The molecule has 0 saturated carbocycles. The third kappa shape index (κ3) is 4.86. The van der Waals surface area contributed by atoms with Crippen LogP contribution in [0, 0.1) is 17.0 Å². The van der Waals surface area contributed by atoms with Crippen LogP contribution in [0.25, 0.3) is 0 Å². The van der Waals surface area contributed by atoms with Gasteiger partial charge in [-0.15, -0.1) is 0 Å². The van der Waals surface area contributed by atoms with E-state index in [1.165, 1.54) is 31.4 Å². The zero-order valence-electron chi connectivity index (χ0n) is 17.4. The highest BCUT2D eigenvalue weighted by Crippen LogP contribution is 2.30. The molecule has 0 aromatic heterocycles. The molecule has 0 aliphatic carbocycles. The van der Waals surface area contributed by atoms with Gasteiger partial charge in [-0.2, -0.15) is 0 Å². The van der Waals surface area contributed by atoms with E-state index in [4.69, 9.17) is 4.74 Å². The first-order valence-electron chi connectivity index (χ1n) is 9.49. The van der Waals surface area contributed by atoms with Crippen LogP contribution >= 0.6 is 0 Å². The van der Waals surface area contributed by atoms with Gasteiger partial charge in [-0.1, -0.05) is 36.4 Å². The Labute approximate surface area is 185 Å². The van der Waals surface area contributed by atoms with Gasteiger partial charge in [0.1, 0.15) is 12.3 Å². The monoisotopic (exact) mass is 455 g/mol. The van der Waals surface area contributed by atoms with Crippen LogP contribution in [0.1, 0.15) is 5.56 Å². The lowest BCUT2D eigenvalue weighted by molar-refractivity contribution is -0.384. The first-order valence-corrected chi connectivity index (χ1v) is 10.9. The Balaban J connectivity index is 1.98. The van der Waals surface area contributed by atoms with Gasteiger partial charge in [0.2, 0.25) is 5.91 Å². The highest BCUT2D eigenvalue weighted by molar-refractivity contribution is 7.92. The minimum absolute atomic E-state index is 0.0315. The molecule has 0 radical (unpaired) electrons. The summed E-state index contributed by atoms with van der Waals surface area (Å²) in [6, 6.07) is 18.3. The molecule has 9 nitrogen and oxygen atoms in total. The number of hydrogen-bond acceptors (Lipinski definition) is 6. The fourth-order valence-electron chi connectivity index (χ4n) is 3.09. The molecule has 0 unspecified atom stereocenters. The maximum absolute atomic E-state index is 13.4. The minimum Gasteiger partial charge on any atom is -0.495 e. The second-order valence-corrected chi connectivity index (χ2v) is 8.66. The molecule has 0 heterocycles. The Morgan fingerprint density at radius 3 is 2.34 bits per heavy atom. The molecule has 0 aliphatic rings. The predicted molar refractivity (Wildman–Crippen MR) is 120 cm³/mol. The average Bonchev–Trinajstić information content (AvgIpc) is 2.78. The summed E-state index contributed by atoms with van der Waals surface area (Å²) in [6.07, 6.45) is 0. The normalized spacial score (nSPS) is 10.9. The number of nitro groups is 1. The molecule has 0 spiro atoms. The van der Waals surface area contributed by atoms with Crippen LogP contribution in [-0.2, 0) is 14.8 Å². The van der Waals surface area contributed by atoms with Crippen LogP contribution in [0.2, 0.25) is 0 Å². The SMILES string of the molecule is COc1ccc([N+](=O)[O-])cc1NC(=O)CN(c1ccccc1C)S(=O)(=O)c1ccccc1. The summed E-state index contributed by atoms with van der Waals surface area (Å²) in [4.78, 5) is 23.4. The molecule has 0 saturated heterocycles. The van der Waals surface area contributed by atoms with Gasteiger partial charge in [-0.05, 0) is 36.8 Å². The van der Waals surface area contributed by atoms with E-state index in [1.807, 2.05) is 0 Å². The standard InChI is InChI=1S/C22H21N3O6S/c1-16-8-6-7-11-20(16)24(32(29,30)18-9-4-3-5-10-18)15-22(26)23-19-14-17(25(27)28)12-13-21(19)31-2/h3-14H,15H2,1-2H3,(H,23,26). The summed E-state index contributed by atoms with van der Waals surface area (Å²) >= 11 is 0. The van der Waals surface area contributed by atoms with Gasteiger partial charge < -0.3 is 10.1 Å². The van der Waals surface area contributed by atoms with E-state index >= 15 is 0 Å². The number of nitrogens with one attached hydrogen (secondary N) is 1. The fraction of sp³-hybridized carbons (Fsp3) is 0.136. The molecule has 0 bridgehead atoms. The number of hydrogen-bond donors (Lipinski definition) is 1. The van der Waals surface area contributed by atoms with Crippen molar-refractivity contribution in [2.24, 2.45) is 0 Å². The van der Waals surface area contributed by atoms with Crippen LogP contribution in [0.5, 0.6) is 5.75 Å². The van der Waals surface area contributed by atoms with Gasteiger partial charge in [0.05, 0.1) is 28.3 Å². The quantitative estimate of drug-likeness (QED) is 0.408. The van der Waals surface area contributed by atoms with Crippen LogP contribution in [-0.4, -0.2) is 32.9 Å². The molecule has 3 rings (SSSR count). The number of aryl methyl sites for hydroxylation is 1. The zero-order chi connectivity index (χ0) is 23.3. The molecule has 0 fully saturated rings. The zero-order valence-corrected chi connectivity index (χ0v) is 18.2. The molecule has 0 aliphatic heterocycles. The van der Waals surface area contributed by atoms with E-state index in [2.05, 4.69) is 5.32 Å². The van der Waals surface area contributed by atoms with Crippen molar-refractivity contribution in [3.63, 3.8) is 0 Å². The maximum atomic E-state index is 13.4. The van der Waals surface area contributed by atoms with Crippen molar-refractivity contribution in [2.75, 3.05) is 23.3 Å². The fourth-order valence-corrected chi connectivity index (χ4v) is 4.60. The highest BCUT2D eigenvalue weighted by atomic mass is 32.2. The van der Waals surface area contributed by atoms with Crippen molar-refractivity contribution in [1.82, 2.24) is 0 Å². The number of nitro benzene ring substituents is 1. The average molecular weight is 455 g/mol. The van der Waals surface area contributed by atoms with Gasteiger partial charge in [0.15, 0.2) is 0 Å². The first-order chi connectivity index (χ1) is 15.2. The highest BCUT2D eigenvalue weighted by Gasteiger charge is 2.28. The first kappa shape index (κ1) is 22.8. The smallest absolute Gasteiger partial charge is 0.271 e. The number of non-ortho nitro benzene ring substituents is 1. The summed E-state index contributed by atoms with van der Waals surface area (Å²) < 4.78 is 32.9. The van der Waals surface area contributed by atoms with E-state index in [0.29, 0.717) is 11.3 Å². The van der Waals surface area contributed by atoms with E-state index in [0.717, 1.165) is 10.4 Å². The molecular formula is C22H21N3O6S. The number of ether oxygens (including phenoxy) is 1. The number of nitrogens with zero attached hydrogens (tertiary/aromatic N) is 2. The van der Waals surface area contributed by atoms with Crippen LogP contribution in [0.15, 0.2) is 77.7 Å². The Morgan fingerprint density at radius 2 is 1.72 bits per heavy atom. The third-order valence-electron chi connectivity index (χ3n) is 4.67. The summed E-state index contributed by atoms with van der Waals surface area (Å²) in [7, 11) is -2.71. The van der Waals surface area contributed by atoms with Gasteiger partial charge in [0, 0.05) is 12.1 Å². The Kier molecular flexibility index (Phi) is 6.74. The van der Waals surface area contributed by atoms with Gasteiger partial charge in [-0.25, -0.2) is 8.42 Å². The maximum Gasteiger partial charge on any atom is 0.271 e. The number of carbonyl (C=O) groups excluding carboxylic acids is 1. The molecule has 0 atom stereocenters. The number of rotatable bonds is 8. The lowest BCUT2D eigenvalue weighted by Crippen LogP contribution is -2.38. The number of sulfonamides is 1. The minimum atomic E-state index is -4.07. The molecule has 32 heavy (non-hydrogen) atoms. The van der Waals surface area contributed by atoms with Crippen molar-refractivity contribution in [3.8, 4) is 5.75 Å². The number of para-hydroxylation sites is 1. The van der Waals surface area contributed by atoms with E-state index < -0.39 is 27.4 Å². The Bertz CT molecular complexity index is 1250. The van der Waals surface area contributed by atoms with Gasteiger partial charge in [0.25, 0.3) is 15.7 Å². The van der Waals surface area contributed by atoms with Crippen molar-refractivity contribution in [2.45, 2.75) is 11.8 Å². The molecule has 10 heteroatoms. The van der Waals surface area contributed by atoms with Crippen LogP contribution in [0.4, 0.5) is 17.1 Å². The van der Waals surface area contributed by atoms with Crippen molar-refractivity contribution in [1.29, 1.82) is 0 Å². The molecule has 1 amide bonds. The van der Waals surface area contributed by atoms with Crippen LogP contribution in [0.3, 0.4) is 0 Å². The second-order valence-electron chi connectivity index (χ2n) is 6.80. The predicted octanol–water partition coefficient (Wildman–Crippen LogP) is 3.75. The van der Waals surface area contributed by atoms with Crippen molar-refractivity contribution < 1.29 is 22.9 Å². The number of anilines is 2. The second kappa shape index (κ2) is 9.48. The van der Waals surface area contributed by atoms with E-state index in [1.54, 1.807) is 49.4 Å². The number of carbonyl (C=O) groups is 1. The lowest BCUT2D eigenvalue weighted by atomic mass is 10.2. The Morgan fingerprint density at radius 1 is 1.06 bits per heavy atom. The number of benzene rings is 3. The molecule has 3 aromatic rings. The summed E-state index contributed by atoms with van der Waals surface area (Å²) in [5, 5.41) is 13.6. The number of methoxy groups -OCH3 is 1. The number of amides is 1. The van der Waals surface area contributed by atoms with E-state index in [9.17, 15) is 23.3 Å². The molecule has 1 N–H and O–H groups in total. The van der Waals surface area contributed by atoms with Crippen molar-refractivity contribution >= 4 is 33.0 Å². The molecule has 3 aromatic carbocycles. The molecule has 166 valence electrons. The Hall–Kier alpha value is -3.92. The lowest BCUT2D eigenvalue weighted by Gasteiger charge is -2.25. The van der Waals surface area contributed by atoms with Crippen LogP contribution < -0.4 is 14.4 Å².